The van der Waals surface area contributed by atoms with Crippen molar-refractivity contribution in [1.29, 1.82) is 0 Å². The first-order valence-corrected chi connectivity index (χ1v) is 6.91. The molecule has 0 aromatic heterocycles. The van der Waals surface area contributed by atoms with E-state index in [1.165, 1.54) is 11.1 Å². The largest absolute Gasteiger partial charge is 0.481 e. The Morgan fingerprint density at radius 1 is 0.950 bits per heavy atom. The van der Waals surface area contributed by atoms with Crippen LogP contribution in [0.5, 0.6) is 0 Å². The van der Waals surface area contributed by atoms with Crippen LogP contribution in [0.4, 0.5) is 0 Å². The molecular weight excluding hydrogens is 248 g/mol. The maximum atomic E-state index is 11.5. The summed E-state index contributed by atoms with van der Waals surface area (Å²) in [7, 11) is 0. The lowest BCUT2D eigenvalue weighted by atomic mass is 9.85. The number of carboxylic acid groups (broad SMARTS) is 1. The van der Waals surface area contributed by atoms with Crippen LogP contribution >= 0.6 is 0 Å². The van der Waals surface area contributed by atoms with Crippen LogP contribution in [0, 0.1) is 19.8 Å². The molecular formula is C18H18O2. The molecule has 102 valence electrons. The van der Waals surface area contributed by atoms with Crippen LogP contribution in [-0.2, 0) is 10.2 Å². The molecule has 2 aromatic rings. The van der Waals surface area contributed by atoms with E-state index in [1.807, 2.05) is 13.8 Å². The van der Waals surface area contributed by atoms with Gasteiger partial charge in [-0.3, -0.25) is 4.79 Å². The Labute approximate surface area is 119 Å². The Kier molecular flexibility index (Phi) is 2.89. The molecule has 1 aliphatic carbocycles. The Morgan fingerprint density at radius 3 is 1.65 bits per heavy atom. The third kappa shape index (κ3) is 1.92. The second-order valence-corrected chi connectivity index (χ2v) is 5.80. The SMILES string of the molecule is Cc1ccc(C2(c3ccc(C)cc3)C[C@H]2C(=O)O)cc1. The molecule has 0 heterocycles. The summed E-state index contributed by atoms with van der Waals surface area (Å²) < 4.78 is 0. The van der Waals surface area contributed by atoms with Crippen molar-refractivity contribution in [2.24, 2.45) is 5.92 Å². The second-order valence-electron chi connectivity index (χ2n) is 5.80. The van der Waals surface area contributed by atoms with Gasteiger partial charge in [0.05, 0.1) is 5.92 Å². The van der Waals surface area contributed by atoms with Gasteiger partial charge in [0.25, 0.3) is 0 Å². The highest BCUT2D eigenvalue weighted by Gasteiger charge is 2.60. The third-order valence-corrected chi connectivity index (χ3v) is 4.39. The van der Waals surface area contributed by atoms with Gasteiger partial charge in [-0.25, -0.2) is 0 Å². The monoisotopic (exact) mass is 266 g/mol. The lowest BCUT2D eigenvalue weighted by Gasteiger charge is -2.18. The van der Waals surface area contributed by atoms with Crippen LogP contribution in [0.25, 0.3) is 0 Å². The summed E-state index contributed by atoms with van der Waals surface area (Å²) in [6.07, 6.45) is 0.689. The average molecular weight is 266 g/mol. The molecule has 1 aliphatic rings. The zero-order chi connectivity index (χ0) is 14.3. The molecule has 2 nitrogen and oxygen atoms in total. The quantitative estimate of drug-likeness (QED) is 0.919. The standard InChI is InChI=1S/C18H18O2/c1-12-3-7-14(8-4-12)18(11-16(18)17(19)20)15-9-5-13(2)6-10-15/h3-10,16H,11H2,1-2H3,(H,19,20)/t16-/m0/s1. The van der Waals surface area contributed by atoms with E-state index in [2.05, 4.69) is 48.5 Å². The lowest BCUT2D eigenvalue weighted by molar-refractivity contribution is -0.138. The summed E-state index contributed by atoms with van der Waals surface area (Å²) in [5, 5.41) is 9.42. The highest BCUT2D eigenvalue weighted by atomic mass is 16.4. The molecule has 0 aliphatic heterocycles. The molecule has 20 heavy (non-hydrogen) atoms. The maximum absolute atomic E-state index is 11.5. The summed E-state index contributed by atoms with van der Waals surface area (Å²) in [5.41, 5.74) is 4.27. The molecule has 3 rings (SSSR count). The Hall–Kier alpha value is -2.09. The number of rotatable bonds is 3. The Balaban J connectivity index is 2.09. The summed E-state index contributed by atoms with van der Waals surface area (Å²) in [4.78, 5) is 11.5. The van der Waals surface area contributed by atoms with Crippen molar-refractivity contribution in [3.63, 3.8) is 0 Å². The molecule has 0 radical (unpaired) electrons. The van der Waals surface area contributed by atoms with Gasteiger partial charge in [0.1, 0.15) is 0 Å². The number of aliphatic carboxylic acids is 1. The fourth-order valence-electron chi connectivity index (χ4n) is 3.07. The van der Waals surface area contributed by atoms with Crippen molar-refractivity contribution in [1.82, 2.24) is 0 Å². The Bertz CT molecular complexity index is 593. The number of carboxylic acids is 1. The zero-order valence-corrected chi connectivity index (χ0v) is 11.8. The van der Waals surface area contributed by atoms with Gasteiger partial charge in [0, 0.05) is 5.41 Å². The van der Waals surface area contributed by atoms with Crippen LogP contribution in [0.3, 0.4) is 0 Å². The third-order valence-electron chi connectivity index (χ3n) is 4.39. The molecule has 0 spiro atoms. The van der Waals surface area contributed by atoms with E-state index in [0.29, 0.717) is 6.42 Å². The van der Waals surface area contributed by atoms with Crippen LogP contribution in [0.2, 0.25) is 0 Å². The second kappa shape index (κ2) is 4.48. The number of carbonyl (C=O) groups is 1. The number of hydrogen-bond donors (Lipinski definition) is 1. The predicted molar refractivity (Wildman–Crippen MR) is 78.9 cm³/mol. The minimum Gasteiger partial charge on any atom is -0.481 e. The van der Waals surface area contributed by atoms with Gasteiger partial charge in [-0.05, 0) is 31.4 Å². The van der Waals surface area contributed by atoms with E-state index in [1.54, 1.807) is 0 Å². The van der Waals surface area contributed by atoms with Crippen molar-refractivity contribution in [3.05, 3.63) is 70.8 Å². The first-order valence-electron chi connectivity index (χ1n) is 6.91. The van der Waals surface area contributed by atoms with Gasteiger partial charge < -0.3 is 5.11 Å². The van der Waals surface area contributed by atoms with Crippen LogP contribution < -0.4 is 0 Å². The molecule has 1 atom stereocenters. The summed E-state index contributed by atoms with van der Waals surface area (Å²) in [6.45, 7) is 4.09. The minimum absolute atomic E-state index is 0.312. The molecule has 2 aromatic carbocycles. The topological polar surface area (TPSA) is 37.3 Å². The summed E-state index contributed by atoms with van der Waals surface area (Å²) in [6, 6.07) is 16.5. The van der Waals surface area contributed by atoms with E-state index >= 15 is 0 Å². The molecule has 0 amide bonds. The van der Waals surface area contributed by atoms with E-state index in [4.69, 9.17) is 0 Å². The van der Waals surface area contributed by atoms with Crippen molar-refractivity contribution >= 4 is 5.97 Å². The molecule has 1 saturated carbocycles. The van der Waals surface area contributed by atoms with Gasteiger partial charge in [0.2, 0.25) is 0 Å². The molecule has 1 fully saturated rings. The minimum atomic E-state index is -0.703. The van der Waals surface area contributed by atoms with E-state index < -0.39 is 5.97 Å². The highest BCUT2D eigenvalue weighted by molar-refractivity contribution is 5.79. The molecule has 0 bridgehead atoms. The number of benzene rings is 2. The molecule has 1 N–H and O–H groups in total. The number of hydrogen-bond acceptors (Lipinski definition) is 1. The number of aryl methyl sites for hydroxylation is 2. The van der Waals surface area contributed by atoms with Gasteiger partial charge >= 0.3 is 5.97 Å². The van der Waals surface area contributed by atoms with Crippen LogP contribution in [0.15, 0.2) is 48.5 Å². The predicted octanol–water partition coefficient (Wildman–Crippen LogP) is 3.69. The van der Waals surface area contributed by atoms with Crippen molar-refractivity contribution in [3.8, 4) is 0 Å². The highest BCUT2D eigenvalue weighted by Crippen LogP contribution is 2.58. The van der Waals surface area contributed by atoms with Crippen molar-refractivity contribution in [2.75, 3.05) is 0 Å². The normalized spacial score (nSPS) is 19.6. The van der Waals surface area contributed by atoms with Crippen molar-refractivity contribution in [2.45, 2.75) is 25.7 Å². The van der Waals surface area contributed by atoms with Crippen LogP contribution in [0.1, 0.15) is 28.7 Å². The summed E-state index contributed by atoms with van der Waals surface area (Å²) >= 11 is 0. The van der Waals surface area contributed by atoms with Gasteiger partial charge in [0.15, 0.2) is 0 Å². The Morgan fingerprint density at radius 2 is 1.35 bits per heavy atom. The summed E-state index contributed by atoms with van der Waals surface area (Å²) in [5.74, 6) is -1.01. The first kappa shape index (κ1) is 12.9. The molecule has 0 unspecified atom stereocenters. The smallest absolute Gasteiger partial charge is 0.307 e. The van der Waals surface area contributed by atoms with E-state index in [-0.39, 0.29) is 11.3 Å². The lowest BCUT2D eigenvalue weighted by Crippen LogP contribution is -2.16. The van der Waals surface area contributed by atoms with Gasteiger partial charge in [-0.15, -0.1) is 0 Å². The van der Waals surface area contributed by atoms with Gasteiger partial charge in [-0.1, -0.05) is 59.7 Å². The fraction of sp³-hybridized carbons (Fsp3) is 0.278. The first-order chi connectivity index (χ1) is 9.54. The van der Waals surface area contributed by atoms with Gasteiger partial charge in [-0.2, -0.15) is 0 Å². The molecule has 0 saturated heterocycles. The average Bonchev–Trinajstić information content (AvgIpc) is 3.17. The molecule has 2 heteroatoms. The fourth-order valence-corrected chi connectivity index (χ4v) is 3.07. The maximum Gasteiger partial charge on any atom is 0.307 e. The zero-order valence-electron chi connectivity index (χ0n) is 11.8. The van der Waals surface area contributed by atoms with E-state index in [0.717, 1.165) is 11.1 Å². The van der Waals surface area contributed by atoms with Crippen LogP contribution in [-0.4, -0.2) is 11.1 Å². The van der Waals surface area contributed by atoms with Crippen molar-refractivity contribution < 1.29 is 9.90 Å². The van der Waals surface area contributed by atoms with E-state index in [9.17, 15) is 9.90 Å².